The van der Waals surface area contributed by atoms with Gasteiger partial charge in [0, 0.05) is 19.3 Å². The molecular weight excluding hydrogens is 805 g/mol. The van der Waals surface area contributed by atoms with E-state index in [1.807, 2.05) is 0 Å². The summed E-state index contributed by atoms with van der Waals surface area (Å²) in [5.74, 6) is -1.03. The molecule has 0 radical (unpaired) electrons. The molecule has 0 heterocycles. The lowest BCUT2D eigenvalue weighted by Gasteiger charge is -2.18. The topological polar surface area (TPSA) is 78.9 Å². The number of hydrogen-bond acceptors (Lipinski definition) is 6. The number of carbonyl (C=O) groups is 3. The lowest BCUT2D eigenvalue weighted by Crippen LogP contribution is -2.30. The van der Waals surface area contributed by atoms with Gasteiger partial charge in [0.2, 0.25) is 0 Å². The molecule has 0 aliphatic heterocycles. The molecule has 0 aromatic carbocycles. The third kappa shape index (κ3) is 50.9. The molecule has 368 valence electrons. The third-order valence-electron chi connectivity index (χ3n) is 10.7. The Balaban J connectivity index is 4.57. The summed E-state index contributed by atoms with van der Waals surface area (Å²) in [5.41, 5.74) is 0. The molecule has 65 heavy (non-hydrogen) atoms. The summed E-state index contributed by atoms with van der Waals surface area (Å²) in [6, 6.07) is 0. The zero-order chi connectivity index (χ0) is 47.2. The Morgan fingerprint density at radius 3 is 1.06 bits per heavy atom. The maximum Gasteiger partial charge on any atom is 0.306 e. The summed E-state index contributed by atoms with van der Waals surface area (Å²) >= 11 is 0. The van der Waals surface area contributed by atoms with E-state index in [0.29, 0.717) is 25.7 Å². The quantitative estimate of drug-likeness (QED) is 0.0262. The average Bonchev–Trinajstić information content (AvgIpc) is 3.30. The highest BCUT2D eigenvalue weighted by Crippen LogP contribution is 2.12. The Morgan fingerprint density at radius 1 is 0.323 bits per heavy atom. The van der Waals surface area contributed by atoms with Crippen molar-refractivity contribution in [2.75, 3.05) is 13.2 Å². The fraction of sp³-hybridized carbons (Fsp3) is 0.644. The zero-order valence-corrected chi connectivity index (χ0v) is 42.0. The van der Waals surface area contributed by atoms with Gasteiger partial charge in [0.05, 0.1) is 0 Å². The summed E-state index contributed by atoms with van der Waals surface area (Å²) in [4.78, 5) is 38.0. The summed E-state index contributed by atoms with van der Waals surface area (Å²) in [6.45, 7) is 6.39. The van der Waals surface area contributed by atoms with Crippen molar-refractivity contribution >= 4 is 17.9 Å². The SMILES string of the molecule is CC/C=C\C/C=C\C/C=C\C/C=C\C/C=C\CCCC(=O)O[C@H](COC(=O)CCCC/C=C\C/C=C\C/C=C\CCCCC)COC(=O)CCCCCCC/C=C\CCCCCCCC. The summed E-state index contributed by atoms with van der Waals surface area (Å²) < 4.78 is 16.7. The molecule has 0 unspecified atom stereocenters. The standard InChI is InChI=1S/C59H96O6/c1-4-7-10-13-16-19-22-25-28-29-32-35-38-41-44-47-50-53-59(62)65-56(54-63-57(60)51-48-45-42-39-36-33-30-26-23-20-17-14-11-8-5-2)55-64-58(61)52-49-46-43-40-37-34-31-27-24-21-18-15-12-9-6-3/h7,10,16-17,19-20,25-28,30-32,35-36,39,41,44,56H,4-6,8-9,11-15,18,21-24,29,33-34,37-38,40,42-43,45-55H2,1-3H3/b10-7-,19-16-,20-17-,28-25-,30-26-,31-27-,35-32-,39-36-,44-41-/t56-/m1/s1. The minimum Gasteiger partial charge on any atom is -0.462 e. The van der Waals surface area contributed by atoms with E-state index in [1.165, 1.54) is 77.0 Å². The molecule has 6 nitrogen and oxygen atoms in total. The van der Waals surface area contributed by atoms with Crippen LogP contribution in [-0.2, 0) is 28.6 Å². The highest BCUT2D eigenvalue weighted by atomic mass is 16.6. The maximum atomic E-state index is 12.8. The highest BCUT2D eigenvalue weighted by Gasteiger charge is 2.19. The van der Waals surface area contributed by atoms with Crippen LogP contribution in [0.2, 0.25) is 0 Å². The fourth-order valence-corrected chi connectivity index (χ4v) is 6.77. The molecule has 0 fully saturated rings. The van der Waals surface area contributed by atoms with Gasteiger partial charge in [-0.15, -0.1) is 0 Å². The van der Waals surface area contributed by atoms with Crippen molar-refractivity contribution in [2.45, 2.75) is 232 Å². The number of unbranched alkanes of at least 4 members (excludes halogenated alkanes) is 17. The van der Waals surface area contributed by atoms with Crippen LogP contribution >= 0.6 is 0 Å². The Morgan fingerprint density at radius 2 is 0.615 bits per heavy atom. The van der Waals surface area contributed by atoms with Gasteiger partial charge in [-0.3, -0.25) is 14.4 Å². The van der Waals surface area contributed by atoms with Gasteiger partial charge in [-0.25, -0.2) is 0 Å². The average molecular weight is 901 g/mol. The van der Waals surface area contributed by atoms with Crippen LogP contribution in [0.15, 0.2) is 109 Å². The number of ether oxygens (including phenoxy) is 3. The first kappa shape index (κ1) is 61.1. The van der Waals surface area contributed by atoms with Crippen LogP contribution in [0.3, 0.4) is 0 Å². The van der Waals surface area contributed by atoms with Crippen LogP contribution in [-0.4, -0.2) is 37.2 Å². The van der Waals surface area contributed by atoms with E-state index in [9.17, 15) is 14.4 Å². The Kier molecular flexibility index (Phi) is 49.5. The zero-order valence-electron chi connectivity index (χ0n) is 42.0. The molecule has 0 spiro atoms. The lowest BCUT2D eigenvalue weighted by molar-refractivity contribution is -0.167. The number of carbonyl (C=O) groups excluding carboxylic acids is 3. The van der Waals surface area contributed by atoms with Gasteiger partial charge in [0.1, 0.15) is 13.2 Å². The molecule has 0 aromatic rings. The molecule has 0 bridgehead atoms. The fourth-order valence-electron chi connectivity index (χ4n) is 6.77. The first-order valence-corrected chi connectivity index (χ1v) is 26.4. The molecule has 0 saturated carbocycles. The molecule has 1 atom stereocenters. The van der Waals surface area contributed by atoms with Gasteiger partial charge in [-0.05, 0) is 122 Å². The number of rotatable bonds is 46. The van der Waals surface area contributed by atoms with Crippen molar-refractivity contribution in [2.24, 2.45) is 0 Å². The van der Waals surface area contributed by atoms with E-state index in [4.69, 9.17) is 14.2 Å². The Labute approximate surface area is 400 Å². The van der Waals surface area contributed by atoms with Gasteiger partial charge >= 0.3 is 17.9 Å². The van der Waals surface area contributed by atoms with Crippen molar-refractivity contribution in [3.63, 3.8) is 0 Å². The number of allylic oxidation sites excluding steroid dienone is 18. The van der Waals surface area contributed by atoms with E-state index in [1.54, 1.807) is 0 Å². The highest BCUT2D eigenvalue weighted by molar-refractivity contribution is 5.71. The van der Waals surface area contributed by atoms with Gasteiger partial charge in [-0.2, -0.15) is 0 Å². The van der Waals surface area contributed by atoms with Crippen LogP contribution in [0, 0.1) is 0 Å². The third-order valence-corrected chi connectivity index (χ3v) is 10.7. The molecule has 0 aromatic heterocycles. The second-order valence-electron chi connectivity index (χ2n) is 17.0. The van der Waals surface area contributed by atoms with Crippen molar-refractivity contribution in [3.8, 4) is 0 Å². The van der Waals surface area contributed by atoms with Gasteiger partial charge < -0.3 is 14.2 Å². The van der Waals surface area contributed by atoms with E-state index >= 15 is 0 Å². The number of esters is 3. The van der Waals surface area contributed by atoms with Crippen LogP contribution in [0.4, 0.5) is 0 Å². The van der Waals surface area contributed by atoms with Crippen LogP contribution in [0.1, 0.15) is 226 Å². The predicted octanol–water partition coefficient (Wildman–Crippen LogP) is 17.5. The van der Waals surface area contributed by atoms with Crippen LogP contribution in [0.5, 0.6) is 0 Å². The van der Waals surface area contributed by atoms with Gasteiger partial charge in [0.15, 0.2) is 6.10 Å². The summed E-state index contributed by atoms with van der Waals surface area (Å²) in [6.07, 6.45) is 70.8. The molecule has 0 aliphatic rings. The molecule has 0 rings (SSSR count). The van der Waals surface area contributed by atoms with E-state index in [-0.39, 0.29) is 37.5 Å². The van der Waals surface area contributed by atoms with Gasteiger partial charge in [-0.1, -0.05) is 194 Å². The largest absolute Gasteiger partial charge is 0.462 e. The minimum absolute atomic E-state index is 0.119. The van der Waals surface area contributed by atoms with Crippen molar-refractivity contribution in [1.29, 1.82) is 0 Å². The monoisotopic (exact) mass is 901 g/mol. The second-order valence-corrected chi connectivity index (χ2v) is 17.0. The van der Waals surface area contributed by atoms with E-state index in [0.717, 1.165) is 96.3 Å². The minimum atomic E-state index is -0.828. The number of hydrogen-bond donors (Lipinski definition) is 0. The predicted molar refractivity (Wildman–Crippen MR) is 279 cm³/mol. The second kappa shape index (κ2) is 52.7. The summed E-state index contributed by atoms with van der Waals surface area (Å²) in [7, 11) is 0. The van der Waals surface area contributed by atoms with Crippen LogP contribution in [0.25, 0.3) is 0 Å². The van der Waals surface area contributed by atoms with E-state index in [2.05, 4.69) is 130 Å². The first-order valence-electron chi connectivity index (χ1n) is 26.4. The van der Waals surface area contributed by atoms with Crippen molar-refractivity contribution in [3.05, 3.63) is 109 Å². The van der Waals surface area contributed by atoms with Gasteiger partial charge in [0.25, 0.3) is 0 Å². The van der Waals surface area contributed by atoms with Crippen molar-refractivity contribution in [1.82, 2.24) is 0 Å². The molecular formula is C59H96O6. The Bertz CT molecular complexity index is 1360. The molecule has 0 amide bonds. The molecule has 0 saturated heterocycles. The smallest absolute Gasteiger partial charge is 0.306 e. The molecule has 0 aliphatic carbocycles. The lowest BCUT2D eigenvalue weighted by atomic mass is 10.1. The van der Waals surface area contributed by atoms with Crippen molar-refractivity contribution < 1.29 is 28.6 Å². The first-order chi connectivity index (χ1) is 32.0. The Hall–Kier alpha value is -3.93. The normalized spacial score (nSPS) is 13.0. The van der Waals surface area contributed by atoms with Crippen LogP contribution < -0.4 is 0 Å². The summed E-state index contributed by atoms with van der Waals surface area (Å²) in [5, 5.41) is 0. The maximum absolute atomic E-state index is 12.8. The van der Waals surface area contributed by atoms with E-state index < -0.39 is 6.10 Å². The molecule has 0 N–H and O–H groups in total. The molecule has 6 heteroatoms.